The third-order valence-corrected chi connectivity index (χ3v) is 9.90. The number of nitrogens with zero attached hydrogens (tertiary/aromatic N) is 1. The number of rotatable bonds is 42. The molecule has 0 spiro atoms. The number of aldehydes is 6. The van der Waals surface area contributed by atoms with Gasteiger partial charge in [-0.15, -0.1) is 0 Å². The maximum atomic E-state index is 14.3. The Morgan fingerprint density at radius 3 is 1.24 bits per heavy atom. The van der Waals surface area contributed by atoms with E-state index in [0.29, 0.717) is 12.6 Å². The summed E-state index contributed by atoms with van der Waals surface area (Å²) in [7, 11) is 0. The Morgan fingerprint density at radius 2 is 0.907 bits per heavy atom. The molecule has 0 rings (SSSR count). The van der Waals surface area contributed by atoms with E-state index in [-0.39, 0.29) is 56.9 Å². The number of carboxylic acids is 2. The molecule has 22 N–H and O–H groups in total. The summed E-state index contributed by atoms with van der Waals surface area (Å²) in [5.74, 6) is -14.9. The number of hydrogen-bond acceptors (Lipinski definition) is 23. The van der Waals surface area contributed by atoms with Crippen LogP contribution in [0.4, 0.5) is 0 Å². The molecule has 0 aromatic carbocycles. The first-order valence-corrected chi connectivity index (χ1v) is 22.4. The van der Waals surface area contributed by atoms with Gasteiger partial charge < -0.3 is 93.8 Å². The first-order chi connectivity index (χ1) is 35.3. The summed E-state index contributed by atoms with van der Waals surface area (Å²) in [4.78, 5) is 204. The zero-order chi connectivity index (χ0) is 57.4. The number of aliphatic carboxylic acids is 2. The highest BCUT2D eigenvalue weighted by Crippen LogP contribution is 2.07. The number of hydrogen-bond donors (Lipinski definition) is 18. The number of nitrogens with two attached hydrogens (primary N) is 4. The number of primary amides is 2. The summed E-state index contributed by atoms with van der Waals surface area (Å²) in [6, 6.07) is -7.90. The second-order valence-corrected chi connectivity index (χ2v) is 16.0. The van der Waals surface area contributed by atoms with Crippen molar-refractivity contribution in [2.45, 2.75) is 126 Å². The largest absolute Gasteiger partial charge is 0.481 e. The predicted octanol–water partition coefficient (Wildman–Crippen LogP) is -11.4. The molecule has 0 radical (unpaired) electrons. The minimum Gasteiger partial charge on any atom is -0.481 e. The van der Waals surface area contributed by atoms with Crippen LogP contribution in [0.2, 0.25) is 0 Å². The first kappa shape index (κ1) is 66.8. The highest BCUT2D eigenvalue weighted by atomic mass is 16.4. The van der Waals surface area contributed by atoms with Crippen molar-refractivity contribution >= 4 is 103 Å². The second-order valence-electron chi connectivity index (χ2n) is 16.0. The molecule has 0 bridgehead atoms. The van der Waals surface area contributed by atoms with E-state index >= 15 is 0 Å². The van der Waals surface area contributed by atoms with E-state index in [9.17, 15) is 86.9 Å². The zero-order valence-corrected chi connectivity index (χ0v) is 40.7. The van der Waals surface area contributed by atoms with E-state index in [1.54, 1.807) is 6.92 Å². The molecule has 35 nitrogen and oxygen atoms in total. The molecule has 35 heteroatoms. The van der Waals surface area contributed by atoms with E-state index in [2.05, 4.69) is 58.2 Å². The van der Waals surface area contributed by atoms with Crippen molar-refractivity contribution in [2.75, 3.05) is 13.1 Å². The van der Waals surface area contributed by atoms with E-state index in [4.69, 9.17) is 22.9 Å². The Bertz CT molecular complexity index is 2080. The summed E-state index contributed by atoms with van der Waals surface area (Å²) < 4.78 is 0. The lowest BCUT2D eigenvalue weighted by atomic mass is 10.00. The van der Waals surface area contributed by atoms with Gasteiger partial charge in [0.25, 0.3) is 35.4 Å². The maximum Gasteiger partial charge on any atom is 0.305 e. The Labute approximate surface area is 426 Å². The SMILES string of the molecule is CC[C@@H](C)[C@H](C=O)N[C@@H](NC(=O)[C@@H](NC(=O)[C@H](NC(=O)[C@H](NCC=O)NC(C)=O)N[C@@H](C=O)CC(=O)O)N[C@@H](C=O)CC(=O)O)C(=O)N[C@@H](N[C@@H](C=O)CC(N)=O)C(=O)N[C@H](N[C@@H](C=O)CCCN=C(N)N)C(N)=O. The van der Waals surface area contributed by atoms with Crippen molar-refractivity contribution in [3.63, 3.8) is 0 Å². The molecule has 8 amide bonds. The number of carboxylic acid groups (broad SMARTS) is 2. The summed E-state index contributed by atoms with van der Waals surface area (Å²) >= 11 is 0. The van der Waals surface area contributed by atoms with Crippen LogP contribution in [0.5, 0.6) is 0 Å². The van der Waals surface area contributed by atoms with Crippen LogP contribution in [0.25, 0.3) is 0 Å². The van der Waals surface area contributed by atoms with Crippen molar-refractivity contribution < 1.29 is 86.9 Å². The fourth-order valence-electron chi connectivity index (χ4n) is 6.02. The molecule has 0 aromatic heterocycles. The first-order valence-electron chi connectivity index (χ1n) is 22.4. The smallest absolute Gasteiger partial charge is 0.305 e. The molecule has 0 aliphatic heterocycles. The van der Waals surface area contributed by atoms with Gasteiger partial charge in [0, 0.05) is 19.9 Å². The van der Waals surface area contributed by atoms with E-state index < -0.39 is 158 Å². The van der Waals surface area contributed by atoms with Crippen molar-refractivity contribution in [3.8, 4) is 0 Å². The summed E-state index contributed by atoms with van der Waals surface area (Å²) in [6.45, 7) is 3.57. The third-order valence-electron chi connectivity index (χ3n) is 9.90. The normalized spacial score (nSPS) is 15.6. The lowest BCUT2D eigenvalue weighted by Gasteiger charge is -2.31. The van der Waals surface area contributed by atoms with Gasteiger partial charge in [-0.05, 0) is 18.8 Å². The van der Waals surface area contributed by atoms with Crippen molar-refractivity contribution in [3.05, 3.63) is 0 Å². The Balaban J connectivity index is 7.61. The van der Waals surface area contributed by atoms with Gasteiger partial charge in [0.05, 0.1) is 49.6 Å². The van der Waals surface area contributed by atoms with Gasteiger partial charge >= 0.3 is 11.9 Å². The molecule has 0 saturated carbocycles. The highest BCUT2D eigenvalue weighted by Gasteiger charge is 2.37. The Hall–Kier alpha value is -8.25. The Morgan fingerprint density at radius 1 is 0.520 bits per heavy atom. The molecule has 0 aliphatic rings. The van der Waals surface area contributed by atoms with Crippen LogP contribution >= 0.6 is 0 Å². The second kappa shape index (κ2) is 35.8. The predicted molar refractivity (Wildman–Crippen MR) is 253 cm³/mol. The highest BCUT2D eigenvalue weighted by molar-refractivity contribution is 5.97. The van der Waals surface area contributed by atoms with Gasteiger partial charge in [-0.3, -0.25) is 84.8 Å². The quantitative estimate of drug-likeness (QED) is 0.00887. The number of aliphatic imine (C=N–C) groups is 1. The Kier molecular flexibility index (Phi) is 31.9. The number of amides is 8. The van der Waals surface area contributed by atoms with Crippen molar-refractivity contribution in [1.29, 1.82) is 0 Å². The van der Waals surface area contributed by atoms with Crippen LogP contribution in [0, 0.1) is 5.92 Å². The fraction of sp³-hybridized carbons (Fsp3) is 0.575. The summed E-state index contributed by atoms with van der Waals surface area (Å²) in [5, 5.41) is 45.2. The van der Waals surface area contributed by atoms with Gasteiger partial charge in [0.2, 0.25) is 11.8 Å². The van der Waals surface area contributed by atoms with Crippen molar-refractivity contribution in [1.82, 2.24) is 63.8 Å². The molecule has 0 saturated heterocycles. The molecule has 0 aromatic rings. The zero-order valence-electron chi connectivity index (χ0n) is 40.7. The number of carbonyl (C=O) groups is 16. The van der Waals surface area contributed by atoms with E-state index in [0.717, 1.165) is 6.92 Å². The lowest BCUT2D eigenvalue weighted by molar-refractivity contribution is -0.140. The molecule has 12 atom stereocenters. The fourth-order valence-corrected chi connectivity index (χ4v) is 6.02. The van der Waals surface area contributed by atoms with Crippen molar-refractivity contribution in [2.24, 2.45) is 33.8 Å². The van der Waals surface area contributed by atoms with Gasteiger partial charge in [-0.1, -0.05) is 20.3 Å². The monoisotopic (exact) mass is 1070 g/mol. The van der Waals surface area contributed by atoms with Gasteiger partial charge in [-0.25, -0.2) is 0 Å². The minimum atomic E-state index is -2.41. The minimum absolute atomic E-state index is 0.00304. The number of nitrogens with one attached hydrogen (secondary N) is 12. The molecular formula is C40H65N17O18. The summed E-state index contributed by atoms with van der Waals surface area (Å²) in [5.41, 5.74) is 21.3. The average molecular weight is 1070 g/mol. The molecular weight excluding hydrogens is 1010 g/mol. The standard InChI is InChI=1S/C40H65N17O18/c1-4-18(2)24(17-63)52-34(39(75)56-31(49-21(14-60)10-25(41)65)36(72)53-29(28(42)70)48-20(13-59)6-5-7-46-40(43)44)57-38(74)33(51-23(16-62)12-27(68)69)55-37(73)32(50-22(15-61)11-26(66)67)54-35(71)30(45-8-9-58)47-19(3)64/h9,13-18,20-24,29-34,45,48-52H,4-8,10-12H2,1-3H3,(H2,41,65)(H2,42,70)(H,47,64)(H,53,72)(H,54,71)(H,55,73)(H,56,75)(H,57,74)(H,66,67)(H,68,69)(H4,43,44,46)/t18-,20-,21-,22-,23-,24+,29+,30-,31-,32+,33-,34+/m1/s1. The molecule has 0 heterocycles. The lowest BCUT2D eigenvalue weighted by Crippen LogP contribution is -2.70. The molecule has 0 unspecified atom stereocenters. The van der Waals surface area contributed by atoms with Gasteiger partial charge in [0.1, 0.15) is 37.7 Å². The van der Waals surface area contributed by atoms with Crippen LogP contribution in [-0.2, 0) is 76.7 Å². The third kappa shape index (κ3) is 27.4. The molecule has 75 heavy (non-hydrogen) atoms. The van der Waals surface area contributed by atoms with Crippen LogP contribution in [0.15, 0.2) is 4.99 Å². The van der Waals surface area contributed by atoms with Gasteiger partial charge in [0.15, 0.2) is 43.0 Å². The maximum absolute atomic E-state index is 14.3. The van der Waals surface area contributed by atoms with E-state index in [1.807, 2.05) is 10.6 Å². The van der Waals surface area contributed by atoms with Gasteiger partial charge in [-0.2, -0.15) is 0 Å². The topological polar surface area (TPSA) is 574 Å². The van der Waals surface area contributed by atoms with Crippen LogP contribution in [0.3, 0.4) is 0 Å². The van der Waals surface area contributed by atoms with Crippen LogP contribution < -0.4 is 86.7 Å². The summed E-state index contributed by atoms with van der Waals surface area (Å²) in [6.07, 6.45) is -14.5. The number of carbonyl (C=O) groups excluding carboxylic acids is 14. The van der Waals surface area contributed by atoms with Crippen LogP contribution in [-0.4, -0.2) is 193 Å². The molecule has 418 valence electrons. The van der Waals surface area contributed by atoms with Crippen LogP contribution in [0.1, 0.15) is 59.3 Å². The molecule has 0 fully saturated rings. The molecule has 0 aliphatic carbocycles. The number of guanidine groups is 1. The van der Waals surface area contributed by atoms with E-state index in [1.165, 1.54) is 6.92 Å². The average Bonchev–Trinajstić information content (AvgIpc) is 3.34.